The smallest absolute Gasteiger partial charge is 0.316 e. The minimum Gasteiger partial charge on any atom is -0.316 e. The van der Waals surface area contributed by atoms with E-state index in [9.17, 15) is 13.2 Å². The number of halogens is 4. The van der Waals surface area contributed by atoms with Crippen molar-refractivity contribution in [2.24, 2.45) is 5.73 Å². The summed E-state index contributed by atoms with van der Waals surface area (Å²) in [5.74, 6) is 0. The highest BCUT2D eigenvalue weighted by Gasteiger charge is 2.37. The Kier molecular flexibility index (Phi) is 3.14. The molecule has 2 rings (SSSR count). The van der Waals surface area contributed by atoms with Crippen LogP contribution in [0, 0.1) is 0 Å². The van der Waals surface area contributed by atoms with Gasteiger partial charge in [-0.3, -0.25) is 0 Å². The second kappa shape index (κ2) is 4.31. The van der Waals surface area contributed by atoms with Crippen molar-refractivity contribution in [2.75, 3.05) is 0 Å². The van der Waals surface area contributed by atoms with Crippen molar-refractivity contribution >= 4 is 26.7 Å². The number of nitrogens with two attached hydrogens (primary N) is 1. The van der Waals surface area contributed by atoms with E-state index >= 15 is 0 Å². The van der Waals surface area contributed by atoms with Crippen molar-refractivity contribution in [3.63, 3.8) is 0 Å². The van der Waals surface area contributed by atoms with Crippen LogP contribution in [0.15, 0.2) is 40.9 Å². The van der Waals surface area contributed by atoms with Crippen molar-refractivity contribution in [3.8, 4) is 0 Å². The number of rotatable bonds is 1. The van der Waals surface area contributed by atoms with Gasteiger partial charge in [-0.2, -0.15) is 13.2 Å². The lowest BCUT2D eigenvalue weighted by Gasteiger charge is -2.16. The number of alkyl halides is 3. The molecule has 0 radical (unpaired) electrons. The molecule has 0 unspecified atom stereocenters. The second-order valence-electron chi connectivity index (χ2n) is 3.74. The molecule has 2 aromatic carbocycles. The molecule has 0 aliphatic carbocycles. The van der Waals surface area contributed by atoms with Crippen LogP contribution in [0.2, 0.25) is 0 Å². The molecule has 0 aliphatic rings. The molecule has 0 saturated heterocycles. The van der Waals surface area contributed by atoms with Crippen molar-refractivity contribution < 1.29 is 13.2 Å². The van der Waals surface area contributed by atoms with Crippen LogP contribution < -0.4 is 5.73 Å². The predicted molar refractivity (Wildman–Crippen MR) is 64.6 cm³/mol. The van der Waals surface area contributed by atoms with Gasteiger partial charge in [-0.15, -0.1) is 0 Å². The summed E-state index contributed by atoms with van der Waals surface area (Å²) in [6.45, 7) is 0. The van der Waals surface area contributed by atoms with Crippen LogP contribution in [0.25, 0.3) is 10.8 Å². The maximum atomic E-state index is 12.5. The van der Waals surface area contributed by atoms with Gasteiger partial charge in [0.05, 0.1) is 0 Å². The van der Waals surface area contributed by atoms with Gasteiger partial charge in [-0.25, -0.2) is 0 Å². The van der Waals surface area contributed by atoms with Crippen LogP contribution in [0.5, 0.6) is 0 Å². The van der Waals surface area contributed by atoms with Gasteiger partial charge >= 0.3 is 6.18 Å². The Morgan fingerprint density at radius 3 is 2.47 bits per heavy atom. The van der Waals surface area contributed by atoms with Gasteiger partial charge in [-0.05, 0) is 28.5 Å². The van der Waals surface area contributed by atoms with E-state index in [4.69, 9.17) is 5.73 Å². The molecule has 1 nitrogen and oxygen atoms in total. The normalized spacial score (nSPS) is 13.9. The Bertz CT molecular complexity index is 551. The Balaban J connectivity index is 2.55. The Hall–Kier alpha value is -1.07. The molecule has 17 heavy (non-hydrogen) atoms. The van der Waals surface area contributed by atoms with Gasteiger partial charge in [0.15, 0.2) is 0 Å². The Labute approximate surface area is 105 Å². The van der Waals surface area contributed by atoms with Gasteiger partial charge in [0, 0.05) is 4.47 Å². The molecule has 90 valence electrons. The van der Waals surface area contributed by atoms with Crippen LogP contribution in [0.3, 0.4) is 0 Å². The van der Waals surface area contributed by atoms with Crippen molar-refractivity contribution in [3.05, 3.63) is 46.4 Å². The summed E-state index contributed by atoms with van der Waals surface area (Å²) < 4.78 is 38.3. The maximum absolute atomic E-state index is 12.5. The molecule has 5 heteroatoms. The minimum atomic E-state index is -4.42. The van der Waals surface area contributed by atoms with E-state index < -0.39 is 12.2 Å². The monoisotopic (exact) mass is 303 g/mol. The highest BCUT2D eigenvalue weighted by molar-refractivity contribution is 9.10. The van der Waals surface area contributed by atoms with E-state index in [1.165, 1.54) is 12.1 Å². The van der Waals surface area contributed by atoms with E-state index in [-0.39, 0.29) is 5.56 Å². The summed E-state index contributed by atoms with van der Waals surface area (Å²) in [5.41, 5.74) is 5.24. The standard InChI is InChI=1S/C12H9BrF3N/c13-10-3-1-2-7-4-5-8(6-9(7)10)11(17)12(14,15)16/h1-6,11H,17H2/t11-/m0/s1. The highest BCUT2D eigenvalue weighted by Crippen LogP contribution is 2.33. The molecule has 0 heterocycles. The largest absolute Gasteiger partial charge is 0.407 e. The molecule has 1 atom stereocenters. The molecule has 2 aromatic rings. The van der Waals surface area contributed by atoms with Gasteiger partial charge < -0.3 is 5.73 Å². The molecule has 0 aromatic heterocycles. The Morgan fingerprint density at radius 1 is 1.12 bits per heavy atom. The molecular weight excluding hydrogens is 295 g/mol. The molecule has 0 fully saturated rings. The van der Waals surface area contributed by atoms with Crippen LogP contribution in [-0.2, 0) is 0 Å². The van der Waals surface area contributed by atoms with Gasteiger partial charge in [-0.1, -0.05) is 40.2 Å². The van der Waals surface area contributed by atoms with Crippen molar-refractivity contribution in [1.82, 2.24) is 0 Å². The molecule has 0 spiro atoms. The predicted octanol–water partition coefficient (Wildman–Crippen LogP) is 4.16. The summed E-state index contributed by atoms with van der Waals surface area (Å²) in [7, 11) is 0. The summed E-state index contributed by atoms with van der Waals surface area (Å²) in [6.07, 6.45) is -4.42. The number of fused-ring (bicyclic) bond motifs is 1. The lowest BCUT2D eigenvalue weighted by atomic mass is 10.0. The third-order valence-corrected chi connectivity index (χ3v) is 3.26. The summed E-state index contributed by atoms with van der Waals surface area (Å²) in [6, 6.07) is 8.02. The first kappa shape index (κ1) is 12.4. The first-order valence-electron chi connectivity index (χ1n) is 4.90. The van der Waals surface area contributed by atoms with Crippen molar-refractivity contribution in [2.45, 2.75) is 12.2 Å². The number of benzene rings is 2. The minimum absolute atomic E-state index is 0.0666. The second-order valence-corrected chi connectivity index (χ2v) is 4.59. The fourth-order valence-corrected chi connectivity index (χ4v) is 2.13. The van der Waals surface area contributed by atoms with Gasteiger partial charge in [0.25, 0.3) is 0 Å². The zero-order valence-corrected chi connectivity index (χ0v) is 10.2. The molecule has 2 N–H and O–H groups in total. The van der Waals surface area contributed by atoms with Crippen LogP contribution >= 0.6 is 15.9 Å². The van der Waals surface area contributed by atoms with Gasteiger partial charge in [0.1, 0.15) is 6.04 Å². The first-order valence-corrected chi connectivity index (χ1v) is 5.69. The number of hydrogen-bond acceptors (Lipinski definition) is 1. The first-order chi connectivity index (χ1) is 7.89. The van der Waals surface area contributed by atoms with E-state index in [1.54, 1.807) is 12.1 Å². The molecule has 0 bridgehead atoms. The van der Waals surface area contributed by atoms with Crippen LogP contribution in [0.4, 0.5) is 13.2 Å². The fourth-order valence-electron chi connectivity index (χ4n) is 1.63. The van der Waals surface area contributed by atoms with Gasteiger partial charge in [0.2, 0.25) is 0 Å². The van der Waals surface area contributed by atoms with E-state index in [0.29, 0.717) is 0 Å². The fraction of sp³-hybridized carbons (Fsp3) is 0.167. The van der Waals surface area contributed by atoms with Crippen molar-refractivity contribution in [1.29, 1.82) is 0 Å². The number of hydrogen-bond donors (Lipinski definition) is 1. The third kappa shape index (κ3) is 2.45. The van der Waals surface area contributed by atoms with E-state index in [0.717, 1.165) is 15.2 Å². The third-order valence-electron chi connectivity index (χ3n) is 2.56. The molecule has 0 aliphatic heterocycles. The summed E-state index contributed by atoms with van der Waals surface area (Å²) >= 11 is 3.31. The topological polar surface area (TPSA) is 26.0 Å². The lowest BCUT2D eigenvalue weighted by molar-refractivity contribution is -0.149. The summed E-state index contributed by atoms with van der Waals surface area (Å²) in [5, 5.41) is 1.60. The molecule has 0 saturated carbocycles. The van der Waals surface area contributed by atoms with E-state index in [2.05, 4.69) is 15.9 Å². The zero-order valence-electron chi connectivity index (χ0n) is 8.63. The van der Waals surface area contributed by atoms with Crippen LogP contribution in [-0.4, -0.2) is 6.18 Å². The van der Waals surface area contributed by atoms with Crippen LogP contribution in [0.1, 0.15) is 11.6 Å². The average Bonchev–Trinajstić information content (AvgIpc) is 2.27. The highest BCUT2D eigenvalue weighted by atomic mass is 79.9. The van der Waals surface area contributed by atoms with E-state index in [1.807, 2.05) is 12.1 Å². The SMILES string of the molecule is N[C@@H](c1ccc2cccc(Br)c2c1)C(F)(F)F. The quantitative estimate of drug-likeness (QED) is 0.841. The Morgan fingerprint density at radius 2 is 1.82 bits per heavy atom. The zero-order chi connectivity index (χ0) is 12.6. The lowest BCUT2D eigenvalue weighted by Crippen LogP contribution is -2.28. The molecule has 0 amide bonds. The molecular formula is C12H9BrF3N. The average molecular weight is 304 g/mol. The maximum Gasteiger partial charge on any atom is 0.407 e. The summed E-state index contributed by atoms with van der Waals surface area (Å²) in [4.78, 5) is 0.